The monoisotopic (exact) mass is 170 g/mol. The maximum absolute atomic E-state index is 3.49. The topological polar surface area (TPSA) is 15.3 Å². The number of likely N-dealkylation sites (N-methyl/N-ethyl adjacent to an activating group) is 1. The third-order valence-electron chi connectivity index (χ3n) is 2.41. The summed E-state index contributed by atoms with van der Waals surface area (Å²) in [6.45, 7) is 7.06. The van der Waals surface area contributed by atoms with Crippen LogP contribution < -0.4 is 5.32 Å². The van der Waals surface area contributed by atoms with Gasteiger partial charge in [0.2, 0.25) is 0 Å². The van der Waals surface area contributed by atoms with Crippen LogP contribution in [0.5, 0.6) is 0 Å². The molecule has 0 heterocycles. The Morgan fingerprint density at radius 3 is 2.67 bits per heavy atom. The van der Waals surface area contributed by atoms with Gasteiger partial charge in [0, 0.05) is 13.1 Å². The summed E-state index contributed by atoms with van der Waals surface area (Å²) < 4.78 is 0. The molecule has 0 unspecified atom stereocenters. The Morgan fingerprint density at radius 2 is 2.08 bits per heavy atom. The Balaban J connectivity index is 1.80. The van der Waals surface area contributed by atoms with E-state index < -0.39 is 0 Å². The van der Waals surface area contributed by atoms with Crippen molar-refractivity contribution in [3.05, 3.63) is 0 Å². The lowest BCUT2D eigenvalue weighted by Gasteiger charge is -2.15. The van der Waals surface area contributed by atoms with Crippen molar-refractivity contribution in [2.75, 3.05) is 33.2 Å². The Labute approximate surface area is 76.3 Å². The van der Waals surface area contributed by atoms with Crippen molar-refractivity contribution in [1.29, 1.82) is 0 Å². The molecule has 0 spiro atoms. The van der Waals surface area contributed by atoms with E-state index in [4.69, 9.17) is 0 Å². The summed E-state index contributed by atoms with van der Waals surface area (Å²) in [7, 11) is 2.20. The van der Waals surface area contributed by atoms with Gasteiger partial charge >= 0.3 is 0 Å². The highest BCUT2D eigenvalue weighted by atomic mass is 15.1. The van der Waals surface area contributed by atoms with Crippen LogP contribution in [0.4, 0.5) is 0 Å². The summed E-state index contributed by atoms with van der Waals surface area (Å²) in [5, 5.41) is 3.49. The van der Waals surface area contributed by atoms with Crippen molar-refractivity contribution in [3.8, 4) is 0 Å². The van der Waals surface area contributed by atoms with Crippen LogP contribution in [-0.4, -0.2) is 38.1 Å². The lowest BCUT2D eigenvalue weighted by atomic mass is 10.4. The summed E-state index contributed by atoms with van der Waals surface area (Å²) in [6, 6.07) is 0. The van der Waals surface area contributed by atoms with Crippen LogP contribution in [-0.2, 0) is 0 Å². The van der Waals surface area contributed by atoms with Gasteiger partial charge in [0.15, 0.2) is 0 Å². The van der Waals surface area contributed by atoms with Crippen molar-refractivity contribution in [3.63, 3.8) is 0 Å². The van der Waals surface area contributed by atoms with Gasteiger partial charge in [0.05, 0.1) is 0 Å². The fraction of sp³-hybridized carbons (Fsp3) is 1.00. The van der Waals surface area contributed by atoms with E-state index in [1.807, 2.05) is 0 Å². The molecular formula is C10H22N2. The first-order chi connectivity index (χ1) is 5.83. The fourth-order valence-corrected chi connectivity index (χ4v) is 1.39. The number of rotatable bonds is 7. The quantitative estimate of drug-likeness (QED) is 0.580. The second-order valence-electron chi connectivity index (χ2n) is 3.95. The highest BCUT2D eigenvalue weighted by Crippen LogP contribution is 2.27. The van der Waals surface area contributed by atoms with E-state index in [1.165, 1.54) is 38.9 Å². The molecule has 0 bridgehead atoms. The SMILES string of the molecule is CCCN(C)CCNCC1CC1. The predicted molar refractivity (Wildman–Crippen MR) is 53.4 cm³/mol. The fourth-order valence-electron chi connectivity index (χ4n) is 1.39. The summed E-state index contributed by atoms with van der Waals surface area (Å²) in [5.74, 6) is 1.02. The molecule has 12 heavy (non-hydrogen) atoms. The Hall–Kier alpha value is -0.0800. The maximum Gasteiger partial charge on any atom is 0.0104 e. The molecule has 1 N–H and O–H groups in total. The van der Waals surface area contributed by atoms with Gasteiger partial charge in [-0.15, -0.1) is 0 Å². The van der Waals surface area contributed by atoms with Crippen molar-refractivity contribution in [2.45, 2.75) is 26.2 Å². The zero-order chi connectivity index (χ0) is 8.81. The van der Waals surface area contributed by atoms with E-state index in [9.17, 15) is 0 Å². The average molecular weight is 170 g/mol. The first-order valence-electron chi connectivity index (χ1n) is 5.22. The minimum absolute atomic E-state index is 1.02. The van der Waals surface area contributed by atoms with Crippen LogP contribution in [0.15, 0.2) is 0 Å². The van der Waals surface area contributed by atoms with Gasteiger partial charge in [-0.3, -0.25) is 0 Å². The van der Waals surface area contributed by atoms with Gasteiger partial charge in [0.1, 0.15) is 0 Å². The van der Waals surface area contributed by atoms with E-state index in [0.717, 1.165) is 12.5 Å². The molecular weight excluding hydrogens is 148 g/mol. The smallest absolute Gasteiger partial charge is 0.0104 e. The van der Waals surface area contributed by atoms with Gasteiger partial charge in [-0.2, -0.15) is 0 Å². The molecule has 0 aliphatic heterocycles. The van der Waals surface area contributed by atoms with Gasteiger partial charge in [-0.1, -0.05) is 6.92 Å². The molecule has 2 nitrogen and oxygen atoms in total. The Kier molecular flexibility index (Phi) is 4.62. The molecule has 0 radical (unpaired) electrons. The third-order valence-corrected chi connectivity index (χ3v) is 2.41. The molecule has 0 atom stereocenters. The number of hydrogen-bond acceptors (Lipinski definition) is 2. The zero-order valence-corrected chi connectivity index (χ0v) is 8.47. The minimum atomic E-state index is 1.02. The second kappa shape index (κ2) is 5.55. The lowest BCUT2D eigenvalue weighted by Crippen LogP contribution is -2.30. The predicted octanol–water partition coefficient (Wildman–Crippen LogP) is 1.33. The Bertz CT molecular complexity index is 110. The Morgan fingerprint density at radius 1 is 1.33 bits per heavy atom. The molecule has 1 saturated carbocycles. The third kappa shape index (κ3) is 4.73. The van der Waals surface area contributed by atoms with Crippen molar-refractivity contribution < 1.29 is 0 Å². The molecule has 0 aromatic rings. The van der Waals surface area contributed by atoms with Crippen LogP contribution in [0.25, 0.3) is 0 Å². The first kappa shape index (κ1) is 10.0. The van der Waals surface area contributed by atoms with Crippen LogP contribution in [0.1, 0.15) is 26.2 Å². The number of hydrogen-bond donors (Lipinski definition) is 1. The molecule has 1 aliphatic carbocycles. The maximum atomic E-state index is 3.49. The highest BCUT2D eigenvalue weighted by Gasteiger charge is 2.19. The molecule has 72 valence electrons. The molecule has 0 aromatic carbocycles. The van der Waals surface area contributed by atoms with Crippen molar-refractivity contribution in [1.82, 2.24) is 10.2 Å². The molecule has 0 aromatic heterocycles. The van der Waals surface area contributed by atoms with Gasteiger partial charge in [-0.05, 0) is 45.3 Å². The van der Waals surface area contributed by atoms with E-state index in [2.05, 4.69) is 24.2 Å². The molecule has 0 saturated heterocycles. The summed E-state index contributed by atoms with van der Waals surface area (Å²) in [6.07, 6.45) is 4.18. The summed E-state index contributed by atoms with van der Waals surface area (Å²) in [5.41, 5.74) is 0. The highest BCUT2D eigenvalue weighted by molar-refractivity contribution is 4.75. The summed E-state index contributed by atoms with van der Waals surface area (Å²) in [4.78, 5) is 2.39. The normalized spacial score (nSPS) is 17.2. The number of nitrogens with zero attached hydrogens (tertiary/aromatic N) is 1. The van der Waals surface area contributed by atoms with Crippen LogP contribution in [0.2, 0.25) is 0 Å². The molecule has 1 fully saturated rings. The first-order valence-corrected chi connectivity index (χ1v) is 5.22. The minimum Gasteiger partial charge on any atom is -0.315 e. The van der Waals surface area contributed by atoms with Gasteiger partial charge in [0.25, 0.3) is 0 Å². The summed E-state index contributed by atoms with van der Waals surface area (Å²) >= 11 is 0. The van der Waals surface area contributed by atoms with E-state index in [1.54, 1.807) is 0 Å². The number of nitrogens with one attached hydrogen (secondary N) is 1. The lowest BCUT2D eigenvalue weighted by molar-refractivity contribution is 0.331. The van der Waals surface area contributed by atoms with Crippen LogP contribution >= 0.6 is 0 Å². The van der Waals surface area contributed by atoms with Crippen molar-refractivity contribution in [2.24, 2.45) is 5.92 Å². The molecule has 1 rings (SSSR count). The van der Waals surface area contributed by atoms with Gasteiger partial charge in [-0.25, -0.2) is 0 Å². The molecule has 1 aliphatic rings. The van der Waals surface area contributed by atoms with E-state index in [-0.39, 0.29) is 0 Å². The average Bonchev–Trinajstić information content (AvgIpc) is 2.82. The van der Waals surface area contributed by atoms with Crippen molar-refractivity contribution >= 4 is 0 Å². The molecule has 2 heteroatoms. The zero-order valence-electron chi connectivity index (χ0n) is 8.47. The standard InChI is InChI=1S/C10H22N2/c1-3-7-12(2)8-6-11-9-10-4-5-10/h10-11H,3-9H2,1-2H3. The van der Waals surface area contributed by atoms with Crippen LogP contribution in [0, 0.1) is 5.92 Å². The second-order valence-corrected chi connectivity index (χ2v) is 3.95. The molecule has 0 amide bonds. The van der Waals surface area contributed by atoms with Gasteiger partial charge < -0.3 is 10.2 Å². The van der Waals surface area contributed by atoms with E-state index >= 15 is 0 Å². The van der Waals surface area contributed by atoms with E-state index in [0.29, 0.717) is 0 Å². The van der Waals surface area contributed by atoms with Crippen LogP contribution in [0.3, 0.4) is 0 Å². The largest absolute Gasteiger partial charge is 0.315 e.